The standard InChI is InChI=1S/C10H11N3O2S/c1-2-16-6-9-11-7-4-3-5-8(13(14)15)10(7)12-9/h3-5H,2,6H2,1H3,(H,11,12). The van der Waals surface area contributed by atoms with Gasteiger partial charge >= 0.3 is 0 Å². The van der Waals surface area contributed by atoms with Crippen LogP contribution in [0.25, 0.3) is 11.0 Å². The van der Waals surface area contributed by atoms with E-state index in [2.05, 4.69) is 16.9 Å². The van der Waals surface area contributed by atoms with Crippen LogP contribution in [-0.4, -0.2) is 20.6 Å². The highest BCUT2D eigenvalue weighted by Gasteiger charge is 2.14. The van der Waals surface area contributed by atoms with Gasteiger partial charge in [0.25, 0.3) is 5.69 Å². The molecule has 1 N–H and O–H groups in total. The molecule has 0 bridgehead atoms. The number of fused-ring (bicyclic) bond motifs is 1. The Hall–Kier alpha value is -1.56. The largest absolute Gasteiger partial charge is 0.341 e. The summed E-state index contributed by atoms with van der Waals surface area (Å²) < 4.78 is 0. The second-order valence-corrected chi connectivity index (χ2v) is 4.53. The van der Waals surface area contributed by atoms with E-state index in [-0.39, 0.29) is 5.69 Å². The maximum absolute atomic E-state index is 10.8. The quantitative estimate of drug-likeness (QED) is 0.655. The van der Waals surface area contributed by atoms with Crippen molar-refractivity contribution in [2.45, 2.75) is 12.7 Å². The number of aromatic amines is 1. The fourth-order valence-corrected chi connectivity index (χ4v) is 2.02. The average Bonchev–Trinajstić information content (AvgIpc) is 2.68. The lowest BCUT2D eigenvalue weighted by Gasteiger charge is -1.91. The summed E-state index contributed by atoms with van der Waals surface area (Å²) in [5.41, 5.74) is 1.22. The van der Waals surface area contributed by atoms with Crippen LogP contribution in [0.3, 0.4) is 0 Å². The van der Waals surface area contributed by atoms with Crippen LogP contribution in [0.5, 0.6) is 0 Å². The van der Waals surface area contributed by atoms with Crippen LogP contribution in [-0.2, 0) is 5.75 Å². The number of aromatic nitrogens is 2. The summed E-state index contributed by atoms with van der Waals surface area (Å²) in [6.45, 7) is 2.07. The summed E-state index contributed by atoms with van der Waals surface area (Å²) in [5.74, 6) is 2.54. The van der Waals surface area contributed by atoms with Gasteiger partial charge in [-0.15, -0.1) is 0 Å². The van der Waals surface area contributed by atoms with E-state index in [9.17, 15) is 10.1 Å². The molecule has 1 aromatic carbocycles. The first kappa shape index (κ1) is 10.9. The number of thioether (sulfide) groups is 1. The topological polar surface area (TPSA) is 71.8 Å². The van der Waals surface area contributed by atoms with Gasteiger partial charge in [0.1, 0.15) is 5.82 Å². The van der Waals surface area contributed by atoms with Crippen LogP contribution >= 0.6 is 11.8 Å². The van der Waals surface area contributed by atoms with Crippen molar-refractivity contribution < 1.29 is 4.92 Å². The maximum atomic E-state index is 10.8. The molecule has 1 heterocycles. The minimum absolute atomic E-state index is 0.0569. The second kappa shape index (κ2) is 4.52. The normalized spacial score (nSPS) is 10.8. The zero-order valence-corrected chi connectivity index (χ0v) is 9.58. The molecule has 2 aromatic rings. The van der Waals surface area contributed by atoms with Crippen LogP contribution in [0, 0.1) is 10.1 Å². The molecule has 0 amide bonds. The van der Waals surface area contributed by atoms with Crippen molar-refractivity contribution in [2.75, 3.05) is 5.75 Å². The van der Waals surface area contributed by atoms with Crippen molar-refractivity contribution >= 4 is 28.5 Å². The van der Waals surface area contributed by atoms with Crippen LogP contribution in [0.15, 0.2) is 18.2 Å². The first-order valence-corrected chi connectivity index (χ1v) is 6.07. The molecule has 5 nitrogen and oxygen atoms in total. The van der Waals surface area contributed by atoms with Gasteiger partial charge in [0.2, 0.25) is 0 Å². The van der Waals surface area contributed by atoms with Crippen LogP contribution in [0.4, 0.5) is 5.69 Å². The average molecular weight is 237 g/mol. The number of nitrogens with one attached hydrogen (secondary N) is 1. The molecule has 2 rings (SSSR count). The molecule has 0 fully saturated rings. The van der Waals surface area contributed by atoms with E-state index in [1.807, 2.05) is 0 Å². The Morgan fingerprint density at radius 1 is 1.56 bits per heavy atom. The molecule has 1 aromatic heterocycles. The number of imidazole rings is 1. The Morgan fingerprint density at radius 3 is 3.06 bits per heavy atom. The van der Waals surface area contributed by atoms with E-state index in [4.69, 9.17) is 0 Å². The lowest BCUT2D eigenvalue weighted by molar-refractivity contribution is -0.383. The molecule has 0 aliphatic carbocycles. The highest BCUT2D eigenvalue weighted by Crippen LogP contribution is 2.24. The minimum atomic E-state index is -0.403. The summed E-state index contributed by atoms with van der Waals surface area (Å²) in [7, 11) is 0. The lowest BCUT2D eigenvalue weighted by atomic mass is 10.3. The summed E-state index contributed by atoms with van der Waals surface area (Å²) >= 11 is 1.73. The minimum Gasteiger partial charge on any atom is -0.341 e. The predicted molar refractivity (Wildman–Crippen MR) is 64.6 cm³/mol. The molecular formula is C10H11N3O2S. The van der Waals surface area contributed by atoms with E-state index in [1.165, 1.54) is 6.07 Å². The molecule has 0 atom stereocenters. The van der Waals surface area contributed by atoms with Gasteiger partial charge in [0.15, 0.2) is 5.52 Å². The number of H-pyrrole nitrogens is 1. The summed E-state index contributed by atoms with van der Waals surface area (Å²) in [6.07, 6.45) is 0. The number of nitrogens with zero attached hydrogens (tertiary/aromatic N) is 2. The molecule has 0 saturated heterocycles. The zero-order chi connectivity index (χ0) is 11.5. The van der Waals surface area contributed by atoms with E-state index in [0.717, 1.165) is 22.8 Å². The van der Waals surface area contributed by atoms with Crippen molar-refractivity contribution in [3.63, 3.8) is 0 Å². The van der Waals surface area contributed by atoms with Crippen molar-refractivity contribution in [1.82, 2.24) is 9.97 Å². The Kier molecular flexibility index (Phi) is 3.09. The molecule has 16 heavy (non-hydrogen) atoms. The smallest absolute Gasteiger partial charge is 0.297 e. The van der Waals surface area contributed by atoms with Gasteiger partial charge in [0.05, 0.1) is 16.2 Å². The monoisotopic (exact) mass is 237 g/mol. The van der Waals surface area contributed by atoms with Gasteiger partial charge in [-0.05, 0) is 11.8 Å². The number of nitro benzene ring substituents is 1. The van der Waals surface area contributed by atoms with E-state index < -0.39 is 4.92 Å². The molecule has 0 aliphatic heterocycles. The SMILES string of the molecule is CCSCc1nc2c([N+](=O)[O-])cccc2[nH]1. The van der Waals surface area contributed by atoms with Gasteiger partial charge in [-0.1, -0.05) is 13.0 Å². The molecule has 0 unspecified atom stereocenters. The predicted octanol–water partition coefficient (Wildman–Crippen LogP) is 2.72. The summed E-state index contributed by atoms with van der Waals surface area (Å²) in [4.78, 5) is 17.7. The van der Waals surface area contributed by atoms with Crippen molar-refractivity contribution in [3.05, 3.63) is 34.1 Å². The Labute approximate surface area is 96.4 Å². The van der Waals surface area contributed by atoms with Gasteiger partial charge in [-0.3, -0.25) is 10.1 Å². The number of hydrogen-bond donors (Lipinski definition) is 1. The highest BCUT2D eigenvalue weighted by atomic mass is 32.2. The third-order valence-electron chi connectivity index (χ3n) is 2.18. The number of hydrogen-bond acceptors (Lipinski definition) is 4. The van der Waals surface area contributed by atoms with Gasteiger partial charge < -0.3 is 4.98 Å². The Bertz CT molecular complexity index is 524. The lowest BCUT2D eigenvalue weighted by Crippen LogP contribution is -1.88. The van der Waals surface area contributed by atoms with E-state index in [1.54, 1.807) is 23.9 Å². The molecule has 6 heteroatoms. The van der Waals surface area contributed by atoms with E-state index in [0.29, 0.717) is 5.52 Å². The number of nitro groups is 1. The van der Waals surface area contributed by atoms with Gasteiger partial charge in [-0.25, -0.2) is 4.98 Å². The molecule has 0 spiro atoms. The molecule has 0 aliphatic rings. The maximum Gasteiger partial charge on any atom is 0.297 e. The van der Waals surface area contributed by atoms with E-state index >= 15 is 0 Å². The van der Waals surface area contributed by atoms with Crippen LogP contribution in [0.1, 0.15) is 12.7 Å². The zero-order valence-electron chi connectivity index (χ0n) is 8.77. The molecule has 84 valence electrons. The molecular weight excluding hydrogens is 226 g/mol. The van der Waals surface area contributed by atoms with Gasteiger partial charge in [0, 0.05) is 6.07 Å². The number of rotatable bonds is 4. The van der Waals surface area contributed by atoms with Crippen molar-refractivity contribution in [3.8, 4) is 0 Å². The fourth-order valence-electron chi connectivity index (χ4n) is 1.48. The molecule has 0 saturated carbocycles. The first-order chi connectivity index (χ1) is 7.72. The third-order valence-corrected chi connectivity index (χ3v) is 3.07. The van der Waals surface area contributed by atoms with Crippen LogP contribution in [0.2, 0.25) is 0 Å². The van der Waals surface area contributed by atoms with Gasteiger partial charge in [-0.2, -0.15) is 11.8 Å². The highest BCUT2D eigenvalue weighted by molar-refractivity contribution is 7.98. The third kappa shape index (κ3) is 2.01. The van der Waals surface area contributed by atoms with Crippen molar-refractivity contribution in [1.29, 1.82) is 0 Å². The first-order valence-electron chi connectivity index (χ1n) is 4.92. The number of para-hydroxylation sites is 1. The second-order valence-electron chi connectivity index (χ2n) is 3.25. The fraction of sp³-hybridized carbons (Fsp3) is 0.300. The Morgan fingerprint density at radius 2 is 2.38 bits per heavy atom. The number of benzene rings is 1. The molecule has 0 radical (unpaired) electrons. The Balaban J connectivity index is 2.44. The number of non-ortho nitro benzene ring substituents is 1. The summed E-state index contributed by atoms with van der Waals surface area (Å²) in [5, 5.41) is 10.8. The van der Waals surface area contributed by atoms with Crippen LogP contribution < -0.4 is 0 Å². The van der Waals surface area contributed by atoms with Crippen molar-refractivity contribution in [2.24, 2.45) is 0 Å². The summed E-state index contributed by atoms with van der Waals surface area (Å²) in [6, 6.07) is 4.94.